The fourth-order valence-electron chi connectivity index (χ4n) is 4.05. The van der Waals surface area contributed by atoms with Gasteiger partial charge in [0.2, 0.25) is 11.8 Å². The Morgan fingerprint density at radius 2 is 1.87 bits per heavy atom. The molecular formula is C23H36IN5O2. The Labute approximate surface area is 203 Å². The van der Waals surface area contributed by atoms with E-state index in [0.717, 1.165) is 30.6 Å². The summed E-state index contributed by atoms with van der Waals surface area (Å²) in [6.45, 7) is 3.81. The van der Waals surface area contributed by atoms with Gasteiger partial charge < -0.3 is 20.4 Å². The highest BCUT2D eigenvalue weighted by atomic mass is 127. The van der Waals surface area contributed by atoms with Crippen LogP contribution in [0.4, 0.5) is 5.69 Å². The van der Waals surface area contributed by atoms with Gasteiger partial charge in [-0.1, -0.05) is 31.9 Å². The second-order valence-corrected chi connectivity index (χ2v) is 8.63. The van der Waals surface area contributed by atoms with Gasteiger partial charge in [-0.3, -0.25) is 9.59 Å². The van der Waals surface area contributed by atoms with E-state index in [1.807, 2.05) is 29.2 Å². The maximum atomic E-state index is 12.0. The lowest BCUT2D eigenvalue weighted by Gasteiger charge is -2.31. The Hall–Kier alpha value is -1.84. The first kappa shape index (κ1) is 25.4. The van der Waals surface area contributed by atoms with Gasteiger partial charge in [0, 0.05) is 38.8 Å². The number of aliphatic imine (C=N–C) groups is 1. The van der Waals surface area contributed by atoms with Crippen molar-refractivity contribution in [3.63, 3.8) is 0 Å². The van der Waals surface area contributed by atoms with Crippen LogP contribution < -0.4 is 15.5 Å². The van der Waals surface area contributed by atoms with Gasteiger partial charge in [0.25, 0.3) is 0 Å². The lowest BCUT2D eigenvalue weighted by molar-refractivity contribution is -0.127. The molecule has 2 amide bonds. The molecule has 1 saturated heterocycles. The van der Waals surface area contributed by atoms with Crippen molar-refractivity contribution in [1.82, 2.24) is 15.5 Å². The Kier molecular flexibility index (Phi) is 10.1. The van der Waals surface area contributed by atoms with Crippen molar-refractivity contribution >= 4 is 47.4 Å². The van der Waals surface area contributed by atoms with Crippen molar-refractivity contribution in [2.75, 3.05) is 32.1 Å². The molecule has 2 fully saturated rings. The van der Waals surface area contributed by atoms with E-state index in [4.69, 9.17) is 4.99 Å². The van der Waals surface area contributed by atoms with Crippen LogP contribution in [0, 0.1) is 5.92 Å². The second kappa shape index (κ2) is 12.3. The SMILES string of the molecule is CC1CCCCC1NC(=NCc1ccc(N2CCCC2=O)cc1)NCC(=O)N(C)C.I. The van der Waals surface area contributed by atoms with Gasteiger partial charge in [-0.2, -0.15) is 0 Å². The van der Waals surface area contributed by atoms with E-state index in [2.05, 4.69) is 17.6 Å². The summed E-state index contributed by atoms with van der Waals surface area (Å²) in [5.41, 5.74) is 2.02. The largest absolute Gasteiger partial charge is 0.353 e. The predicted molar refractivity (Wildman–Crippen MR) is 136 cm³/mol. The zero-order valence-corrected chi connectivity index (χ0v) is 21.2. The summed E-state index contributed by atoms with van der Waals surface area (Å²) >= 11 is 0. The van der Waals surface area contributed by atoms with Crippen molar-refractivity contribution in [3.8, 4) is 0 Å². The molecule has 31 heavy (non-hydrogen) atoms. The summed E-state index contributed by atoms with van der Waals surface area (Å²) < 4.78 is 0. The van der Waals surface area contributed by atoms with E-state index in [1.165, 1.54) is 19.3 Å². The molecule has 1 saturated carbocycles. The van der Waals surface area contributed by atoms with Crippen LogP contribution >= 0.6 is 24.0 Å². The zero-order valence-electron chi connectivity index (χ0n) is 18.9. The van der Waals surface area contributed by atoms with Crippen LogP contribution in [-0.2, 0) is 16.1 Å². The van der Waals surface area contributed by atoms with Gasteiger partial charge in [0.1, 0.15) is 0 Å². The minimum atomic E-state index is 0. The molecule has 172 valence electrons. The number of rotatable bonds is 6. The first-order chi connectivity index (χ1) is 14.4. The molecule has 2 aliphatic rings. The summed E-state index contributed by atoms with van der Waals surface area (Å²) in [4.78, 5) is 32.1. The summed E-state index contributed by atoms with van der Waals surface area (Å²) in [6.07, 6.45) is 6.42. The predicted octanol–water partition coefficient (Wildman–Crippen LogP) is 3.13. The number of amides is 2. The monoisotopic (exact) mass is 541 g/mol. The number of carbonyl (C=O) groups excluding carboxylic acids is 2. The molecule has 0 bridgehead atoms. The van der Waals surface area contributed by atoms with Crippen molar-refractivity contribution in [3.05, 3.63) is 29.8 Å². The third-order valence-electron chi connectivity index (χ3n) is 6.08. The highest BCUT2D eigenvalue weighted by molar-refractivity contribution is 14.0. The maximum Gasteiger partial charge on any atom is 0.241 e. The van der Waals surface area contributed by atoms with Crippen molar-refractivity contribution < 1.29 is 9.59 Å². The number of likely N-dealkylation sites (N-methyl/N-ethyl adjacent to an activating group) is 1. The highest BCUT2D eigenvalue weighted by Crippen LogP contribution is 2.24. The molecule has 2 N–H and O–H groups in total. The molecule has 8 heteroatoms. The van der Waals surface area contributed by atoms with Crippen LogP contribution in [0.2, 0.25) is 0 Å². The molecule has 1 aromatic carbocycles. The molecule has 2 atom stereocenters. The zero-order chi connectivity index (χ0) is 21.5. The lowest BCUT2D eigenvalue weighted by atomic mass is 9.86. The number of guanidine groups is 1. The first-order valence-corrected chi connectivity index (χ1v) is 11.1. The summed E-state index contributed by atoms with van der Waals surface area (Å²) in [5, 5.41) is 6.74. The van der Waals surface area contributed by atoms with Gasteiger partial charge in [-0.25, -0.2) is 4.99 Å². The molecule has 0 radical (unpaired) electrons. The van der Waals surface area contributed by atoms with Crippen LogP contribution in [0.15, 0.2) is 29.3 Å². The normalized spacial score (nSPS) is 21.5. The number of nitrogens with zero attached hydrogens (tertiary/aromatic N) is 3. The van der Waals surface area contributed by atoms with Crippen molar-refractivity contribution in [1.29, 1.82) is 0 Å². The third-order valence-corrected chi connectivity index (χ3v) is 6.08. The standard InChI is InChI=1S/C23H35N5O2.HI/c1-17-7-4-5-8-20(17)26-23(25-16-22(30)27(2)3)24-15-18-10-12-19(13-11-18)28-14-6-9-21(28)29;/h10-13,17,20H,4-9,14-16H2,1-3H3,(H2,24,25,26);1H. The van der Waals surface area contributed by atoms with Gasteiger partial charge in [-0.15, -0.1) is 24.0 Å². The molecule has 1 aliphatic heterocycles. The van der Waals surface area contributed by atoms with Crippen LogP contribution in [0.1, 0.15) is 51.0 Å². The number of nitrogens with one attached hydrogen (secondary N) is 2. The summed E-state index contributed by atoms with van der Waals surface area (Å²) in [7, 11) is 3.51. The number of hydrogen-bond acceptors (Lipinski definition) is 3. The van der Waals surface area contributed by atoms with Crippen LogP contribution in [0.25, 0.3) is 0 Å². The molecule has 1 aromatic rings. The minimum absolute atomic E-state index is 0. The summed E-state index contributed by atoms with van der Waals surface area (Å²) in [6, 6.07) is 8.41. The third kappa shape index (κ3) is 7.36. The number of halogens is 1. The van der Waals surface area contributed by atoms with Gasteiger partial charge in [0.15, 0.2) is 5.96 Å². The Morgan fingerprint density at radius 3 is 2.48 bits per heavy atom. The Morgan fingerprint density at radius 1 is 1.16 bits per heavy atom. The van der Waals surface area contributed by atoms with Crippen molar-refractivity contribution in [2.45, 2.75) is 58.0 Å². The quantitative estimate of drug-likeness (QED) is 0.330. The van der Waals surface area contributed by atoms with Gasteiger partial charge in [-0.05, 0) is 42.9 Å². The Balaban J connectivity index is 0.00000341. The average Bonchev–Trinajstić information content (AvgIpc) is 3.17. The van der Waals surface area contributed by atoms with Crippen LogP contribution in [0.5, 0.6) is 0 Å². The Bertz CT molecular complexity index is 766. The smallest absolute Gasteiger partial charge is 0.241 e. The van der Waals surface area contributed by atoms with Crippen LogP contribution in [-0.4, -0.2) is 55.9 Å². The molecule has 0 aromatic heterocycles. The van der Waals surface area contributed by atoms with E-state index >= 15 is 0 Å². The van der Waals surface area contributed by atoms with E-state index in [9.17, 15) is 9.59 Å². The fourth-order valence-corrected chi connectivity index (χ4v) is 4.05. The number of carbonyl (C=O) groups is 2. The minimum Gasteiger partial charge on any atom is -0.353 e. The van der Waals surface area contributed by atoms with E-state index in [-0.39, 0.29) is 42.3 Å². The van der Waals surface area contributed by atoms with E-state index in [0.29, 0.717) is 30.9 Å². The molecule has 2 unspecified atom stereocenters. The molecular weight excluding hydrogens is 505 g/mol. The highest BCUT2D eigenvalue weighted by Gasteiger charge is 2.23. The maximum absolute atomic E-state index is 12.0. The number of benzene rings is 1. The summed E-state index contributed by atoms with van der Waals surface area (Å²) in [5.74, 6) is 1.49. The molecule has 1 aliphatic carbocycles. The van der Waals surface area contributed by atoms with E-state index < -0.39 is 0 Å². The van der Waals surface area contributed by atoms with Gasteiger partial charge >= 0.3 is 0 Å². The van der Waals surface area contributed by atoms with Gasteiger partial charge in [0.05, 0.1) is 13.1 Å². The lowest BCUT2D eigenvalue weighted by Crippen LogP contribution is -2.49. The number of hydrogen-bond donors (Lipinski definition) is 2. The fraction of sp³-hybridized carbons (Fsp3) is 0.609. The van der Waals surface area contributed by atoms with E-state index in [1.54, 1.807) is 19.0 Å². The molecule has 7 nitrogen and oxygen atoms in total. The second-order valence-electron chi connectivity index (χ2n) is 8.63. The molecule has 1 heterocycles. The van der Waals surface area contributed by atoms with Crippen LogP contribution in [0.3, 0.4) is 0 Å². The van der Waals surface area contributed by atoms with Crippen molar-refractivity contribution in [2.24, 2.45) is 10.9 Å². The molecule has 0 spiro atoms. The number of anilines is 1. The average molecular weight is 541 g/mol. The first-order valence-electron chi connectivity index (χ1n) is 11.1. The topological polar surface area (TPSA) is 77.0 Å². The molecule has 3 rings (SSSR count).